The van der Waals surface area contributed by atoms with Gasteiger partial charge in [0.25, 0.3) is 0 Å². The van der Waals surface area contributed by atoms with Crippen LogP contribution in [0.25, 0.3) is 0 Å². The molecular formula is C14H9NO4. The molecule has 0 spiro atoms. The largest absolute Gasteiger partial charge is 0.454 e. The Morgan fingerprint density at radius 1 is 1.16 bits per heavy atom. The molecule has 3 heterocycles. The van der Waals surface area contributed by atoms with E-state index in [-0.39, 0.29) is 12.8 Å². The molecule has 0 saturated carbocycles. The standard InChI is InChI=1S/C14H9NO4/c16-14-9-2-1-5-15-12(9)13(19-14)8-3-4-10-11(6-8)18-7-17-10/h1-6,13H,7H2. The summed E-state index contributed by atoms with van der Waals surface area (Å²) in [6, 6.07) is 8.94. The Bertz CT molecular complexity index is 683. The monoisotopic (exact) mass is 255 g/mol. The van der Waals surface area contributed by atoms with Gasteiger partial charge in [-0.15, -0.1) is 0 Å². The van der Waals surface area contributed by atoms with Crippen LogP contribution in [0.15, 0.2) is 36.5 Å². The van der Waals surface area contributed by atoms with E-state index in [0.717, 1.165) is 5.56 Å². The molecule has 4 rings (SSSR count). The number of cyclic esters (lactones) is 1. The number of hydrogen-bond acceptors (Lipinski definition) is 5. The summed E-state index contributed by atoms with van der Waals surface area (Å²) in [4.78, 5) is 16.0. The zero-order valence-electron chi connectivity index (χ0n) is 9.83. The number of esters is 1. The highest BCUT2D eigenvalue weighted by atomic mass is 16.7. The van der Waals surface area contributed by atoms with E-state index in [4.69, 9.17) is 14.2 Å². The molecule has 1 aromatic carbocycles. The van der Waals surface area contributed by atoms with Crippen LogP contribution in [0.2, 0.25) is 0 Å². The number of rotatable bonds is 1. The molecule has 1 unspecified atom stereocenters. The maximum Gasteiger partial charge on any atom is 0.341 e. The second kappa shape index (κ2) is 3.71. The fraction of sp³-hybridized carbons (Fsp3) is 0.143. The van der Waals surface area contributed by atoms with Crippen molar-refractivity contribution in [3.63, 3.8) is 0 Å². The first-order valence-corrected chi connectivity index (χ1v) is 5.88. The molecule has 2 aromatic rings. The summed E-state index contributed by atoms with van der Waals surface area (Å²) in [5.74, 6) is 1.03. The maximum atomic E-state index is 11.8. The predicted octanol–water partition coefficient (Wildman–Crippen LogP) is 2.07. The minimum Gasteiger partial charge on any atom is -0.454 e. The average molecular weight is 255 g/mol. The Kier molecular flexibility index (Phi) is 2.03. The van der Waals surface area contributed by atoms with Crippen LogP contribution in [0.5, 0.6) is 11.5 Å². The summed E-state index contributed by atoms with van der Waals surface area (Å²) in [5.41, 5.74) is 1.99. The van der Waals surface area contributed by atoms with E-state index < -0.39 is 6.10 Å². The van der Waals surface area contributed by atoms with Crippen molar-refractivity contribution < 1.29 is 19.0 Å². The van der Waals surface area contributed by atoms with Crippen LogP contribution in [-0.4, -0.2) is 17.7 Å². The molecule has 1 atom stereocenters. The molecule has 0 N–H and O–H groups in total. The Labute approximate surface area is 108 Å². The van der Waals surface area contributed by atoms with E-state index in [1.807, 2.05) is 18.2 Å². The first-order valence-electron chi connectivity index (χ1n) is 5.88. The van der Waals surface area contributed by atoms with Crippen molar-refractivity contribution >= 4 is 5.97 Å². The maximum absolute atomic E-state index is 11.8. The summed E-state index contributed by atoms with van der Waals surface area (Å²) in [5, 5.41) is 0. The van der Waals surface area contributed by atoms with Gasteiger partial charge in [-0.2, -0.15) is 0 Å². The molecule has 5 nitrogen and oxygen atoms in total. The number of benzene rings is 1. The molecule has 0 aliphatic carbocycles. The number of carbonyl (C=O) groups excluding carboxylic acids is 1. The number of ether oxygens (including phenoxy) is 3. The van der Waals surface area contributed by atoms with Gasteiger partial charge in [-0.05, 0) is 24.3 Å². The van der Waals surface area contributed by atoms with Crippen molar-refractivity contribution in [2.24, 2.45) is 0 Å². The summed E-state index contributed by atoms with van der Waals surface area (Å²) in [7, 11) is 0. The van der Waals surface area contributed by atoms with Crippen LogP contribution in [0, 0.1) is 0 Å². The van der Waals surface area contributed by atoms with E-state index in [2.05, 4.69) is 4.98 Å². The lowest BCUT2D eigenvalue weighted by Crippen LogP contribution is -2.01. The lowest BCUT2D eigenvalue weighted by Gasteiger charge is -2.10. The van der Waals surface area contributed by atoms with Crippen LogP contribution in [-0.2, 0) is 4.74 Å². The molecule has 0 fully saturated rings. The predicted molar refractivity (Wildman–Crippen MR) is 64.1 cm³/mol. The van der Waals surface area contributed by atoms with Gasteiger partial charge < -0.3 is 14.2 Å². The summed E-state index contributed by atoms with van der Waals surface area (Å²) >= 11 is 0. The Balaban J connectivity index is 1.80. The molecule has 0 radical (unpaired) electrons. The summed E-state index contributed by atoms with van der Waals surface area (Å²) in [6.45, 7) is 0.220. The number of aromatic nitrogens is 1. The third-order valence-corrected chi connectivity index (χ3v) is 3.23. The Morgan fingerprint density at radius 3 is 3.00 bits per heavy atom. The normalized spacial score (nSPS) is 19.2. The van der Waals surface area contributed by atoms with Gasteiger partial charge in [0, 0.05) is 11.8 Å². The molecule has 19 heavy (non-hydrogen) atoms. The molecular weight excluding hydrogens is 246 g/mol. The van der Waals surface area contributed by atoms with E-state index in [0.29, 0.717) is 22.8 Å². The molecule has 0 bridgehead atoms. The SMILES string of the molecule is O=C1OC(c2ccc3c(c2)OCO3)c2ncccc21. The second-order valence-electron chi connectivity index (χ2n) is 4.33. The first-order chi connectivity index (χ1) is 9.33. The van der Waals surface area contributed by atoms with Gasteiger partial charge in [-0.1, -0.05) is 6.07 Å². The number of fused-ring (bicyclic) bond motifs is 2. The van der Waals surface area contributed by atoms with Gasteiger partial charge in [0.2, 0.25) is 6.79 Å². The molecule has 2 aliphatic heterocycles. The number of nitrogens with zero attached hydrogens (tertiary/aromatic N) is 1. The Hall–Kier alpha value is -2.56. The zero-order chi connectivity index (χ0) is 12.8. The fourth-order valence-corrected chi connectivity index (χ4v) is 2.33. The van der Waals surface area contributed by atoms with Gasteiger partial charge in [0.05, 0.1) is 5.56 Å². The molecule has 0 amide bonds. The summed E-state index contributed by atoms with van der Waals surface area (Å²) in [6.07, 6.45) is 1.18. The highest BCUT2D eigenvalue weighted by Crippen LogP contribution is 2.39. The van der Waals surface area contributed by atoms with Crippen molar-refractivity contribution in [1.29, 1.82) is 0 Å². The highest BCUT2D eigenvalue weighted by molar-refractivity contribution is 5.93. The lowest BCUT2D eigenvalue weighted by molar-refractivity contribution is 0.0452. The number of hydrogen-bond donors (Lipinski definition) is 0. The van der Waals surface area contributed by atoms with Gasteiger partial charge in [-0.25, -0.2) is 4.79 Å². The summed E-state index contributed by atoms with van der Waals surface area (Å²) < 4.78 is 16.0. The highest BCUT2D eigenvalue weighted by Gasteiger charge is 2.34. The van der Waals surface area contributed by atoms with Crippen molar-refractivity contribution in [3.8, 4) is 11.5 Å². The van der Waals surface area contributed by atoms with Crippen molar-refractivity contribution in [2.45, 2.75) is 6.10 Å². The van der Waals surface area contributed by atoms with Crippen LogP contribution >= 0.6 is 0 Å². The van der Waals surface area contributed by atoms with E-state index in [1.165, 1.54) is 0 Å². The van der Waals surface area contributed by atoms with Crippen molar-refractivity contribution in [1.82, 2.24) is 4.98 Å². The number of carbonyl (C=O) groups is 1. The number of pyridine rings is 1. The van der Waals surface area contributed by atoms with E-state index >= 15 is 0 Å². The zero-order valence-corrected chi connectivity index (χ0v) is 9.83. The molecule has 1 aromatic heterocycles. The van der Waals surface area contributed by atoms with E-state index in [9.17, 15) is 4.79 Å². The van der Waals surface area contributed by atoms with Gasteiger partial charge in [-0.3, -0.25) is 4.98 Å². The first kappa shape index (κ1) is 10.4. The van der Waals surface area contributed by atoms with Gasteiger partial charge >= 0.3 is 5.97 Å². The lowest BCUT2D eigenvalue weighted by atomic mass is 10.0. The topological polar surface area (TPSA) is 57.7 Å². The van der Waals surface area contributed by atoms with Crippen molar-refractivity contribution in [3.05, 3.63) is 53.3 Å². The third kappa shape index (κ3) is 1.48. The van der Waals surface area contributed by atoms with Gasteiger partial charge in [0.1, 0.15) is 5.69 Å². The molecule has 2 aliphatic rings. The molecule has 94 valence electrons. The van der Waals surface area contributed by atoms with Crippen LogP contribution in [0.3, 0.4) is 0 Å². The average Bonchev–Trinajstić information content (AvgIpc) is 3.03. The molecule has 5 heteroatoms. The smallest absolute Gasteiger partial charge is 0.341 e. The molecule has 0 saturated heterocycles. The quantitative estimate of drug-likeness (QED) is 0.730. The van der Waals surface area contributed by atoms with E-state index in [1.54, 1.807) is 18.3 Å². The minimum atomic E-state index is -0.474. The van der Waals surface area contributed by atoms with Crippen molar-refractivity contribution in [2.75, 3.05) is 6.79 Å². The second-order valence-corrected chi connectivity index (χ2v) is 4.33. The Morgan fingerprint density at radius 2 is 2.05 bits per heavy atom. The minimum absolute atomic E-state index is 0.220. The van der Waals surface area contributed by atoms with Crippen LogP contribution < -0.4 is 9.47 Å². The fourth-order valence-electron chi connectivity index (χ4n) is 2.33. The third-order valence-electron chi connectivity index (χ3n) is 3.23. The van der Waals surface area contributed by atoms with Crippen LogP contribution in [0.4, 0.5) is 0 Å². The van der Waals surface area contributed by atoms with Crippen LogP contribution in [0.1, 0.15) is 27.7 Å². The van der Waals surface area contributed by atoms with Gasteiger partial charge in [0.15, 0.2) is 17.6 Å².